The van der Waals surface area contributed by atoms with Gasteiger partial charge in [0, 0.05) is 12.6 Å². The van der Waals surface area contributed by atoms with E-state index in [4.69, 9.17) is 5.41 Å². The van der Waals surface area contributed by atoms with Crippen molar-refractivity contribution >= 4 is 11.4 Å². The minimum absolute atomic E-state index is 0.281. The lowest BCUT2D eigenvalue weighted by Gasteiger charge is -2.13. The van der Waals surface area contributed by atoms with E-state index in [0.717, 1.165) is 11.1 Å². The van der Waals surface area contributed by atoms with Crippen LogP contribution >= 0.6 is 0 Å². The molecular formula is C16H15FN2. The van der Waals surface area contributed by atoms with E-state index in [-0.39, 0.29) is 5.71 Å². The Kier molecular flexibility index (Phi) is 4.08. The number of allylic oxidation sites excluding steroid dienone is 1. The molecule has 2 aromatic carbocycles. The summed E-state index contributed by atoms with van der Waals surface area (Å²) in [6.07, 6.45) is 1.53. The van der Waals surface area contributed by atoms with E-state index >= 15 is 0 Å². The number of nitrogens with one attached hydrogen (secondary N) is 1. The molecule has 0 amide bonds. The molecule has 19 heavy (non-hydrogen) atoms. The van der Waals surface area contributed by atoms with Gasteiger partial charge in [-0.05, 0) is 11.6 Å². The largest absolute Gasteiger partial charge is 0.300 e. The number of hydrogen-bond acceptors (Lipinski definition) is 2. The molecule has 0 heterocycles. The monoisotopic (exact) mass is 254 g/mol. The second-order valence-electron chi connectivity index (χ2n) is 4.15. The summed E-state index contributed by atoms with van der Waals surface area (Å²) in [5.41, 5.74) is 2.16. The number of benzene rings is 2. The molecule has 0 atom stereocenters. The second kappa shape index (κ2) is 5.96. The van der Waals surface area contributed by atoms with Crippen LogP contribution in [0.25, 0.3) is 5.70 Å². The van der Waals surface area contributed by atoms with Crippen molar-refractivity contribution in [2.24, 2.45) is 0 Å². The van der Waals surface area contributed by atoms with Crippen LogP contribution in [0.15, 0.2) is 66.7 Å². The molecule has 0 aliphatic carbocycles. The zero-order valence-corrected chi connectivity index (χ0v) is 10.7. The Balaban J connectivity index is 2.35. The van der Waals surface area contributed by atoms with Crippen molar-refractivity contribution < 1.29 is 4.48 Å². The summed E-state index contributed by atoms with van der Waals surface area (Å²) >= 11 is 0. The highest BCUT2D eigenvalue weighted by Crippen LogP contribution is 2.19. The summed E-state index contributed by atoms with van der Waals surface area (Å²) < 4.78 is 13.6. The summed E-state index contributed by atoms with van der Waals surface area (Å²) in [5.74, 6) is 0. The first kappa shape index (κ1) is 13.0. The highest BCUT2D eigenvalue weighted by Gasteiger charge is 2.08. The van der Waals surface area contributed by atoms with Gasteiger partial charge in [-0.3, -0.25) is 0 Å². The van der Waals surface area contributed by atoms with Gasteiger partial charge < -0.3 is 5.41 Å². The van der Waals surface area contributed by atoms with Crippen LogP contribution < -0.4 is 0 Å². The highest BCUT2D eigenvalue weighted by atomic mass is 19.2. The number of rotatable bonds is 4. The molecule has 0 bridgehead atoms. The highest BCUT2D eigenvalue weighted by molar-refractivity contribution is 6.10. The van der Waals surface area contributed by atoms with Gasteiger partial charge in [0.15, 0.2) is 0 Å². The van der Waals surface area contributed by atoms with E-state index in [1.54, 1.807) is 0 Å². The van der Waals surface area contributed by atoms with Crippen molar-refractivity contribution in [2.75, 3.05) is 7.05 Å². The molecule has 1 N–H and O–H groups in total. The van der Waals surface area contributed by atoms with Crippen molar-refractivity contribution in [2.45, 2.75) is 0 Å². The maximum Gasteiger partial charge on any atom is 0.0778 e. The first-order valence-electron chi connectivity index (χ1n) is 5.99. The van der Waals surface area contributed by atoms with Gasteiger partial charge in [0.05, 0.1) is 11.4 Å². The average molecular weight is 254 g/mol. The lowest BCUT2D eigenvalue weighted by molar-refractivity contribution is 0.145. The Morgan fingerprint density at radius 3 is 1.89 bits per heavy atom. The molecule has 0 radical (unpaired) electrons. The summed E-state index contributed by atoms with van der Waals surface area (Å²) in [6, 6.07) is 18.5. The van der Waals surface area contributed by atoms with Gasteiger partial charge >= 0.3 is 0 Å². The van der Waals surface area contributed by atoms with Crippen molar-refractivity contribution in [3.8, 4) is 0 Å². The quantitative estimate of drug-likeness (QED) is 0.650. The Morgan fingerprint density at radius 1 is 0.947 bits per heavy atom. The minimum Gasteiger partial charge on any atom is -0.300 e. The van der Waals surface area contributed by atoms with Gasteiger partial charge in [-0.25, -0.2) is 5.12 Å². The summed E-state index contributed by atoms with van der Waals surface area (Å²) in [6.45, 7) is 0. The molecule has 96 valence electrons. The third kappa shape index (κ3) is 3.28. The van der Waals surface area contributed by atoms with Crippen LogP contribution in [0.5, 0.6) is 0 Å². The van der Waals surface area contributed by atoms with E-state index in [1.165, 1.54) is 13.1 Å². The molecule has 0 aromatic heterocycles. The van der Waals surface area contributed by atoms with Crippen LogP contribution in [-0.2, 0) is 0 Å². The summed E-state index contributed by atoms with van der Waals surface area (Å²) in [5, 5.41) is 8.57. The van der Waals surface area contributed by atoms with Crippen LogP contribution in [0.2, 0.25) is 0 Å². The van der Waals surface area contributed by atoms with Crippen molar-refractivity contribution in [3.05, 3.63) is 77.9 Å². The fraction of sp³-hybridized carbons (Fsp3) is 0.0625. The summed E-state index contributed by atoms with van der Waals surface area (Å²) in [4.78, 5) is 0. The van der Waals surface area contributed by atoms with Gasteiger partial charge in [-0.2, -0.15) is 0 Å². The molecule has 2 nitrogen and oxygen atoms in total. The van der Waals surface area contributed by atoms with Crippen molar-refractivity contribution in [3.63, 3.8) is 0 Å². The number of hydrogen-bond donors (Lipinski definition) is 1. The Labute approximate surface area is 112 Å². The van der Waals surface area contributed by atoms with Gasteiger partial charge in [0.1, 0.15) is 0 Å². The lowest BCUT2D eigenvalue weighted by Crippen LogP contribution is -2.07. The molecule has 0 aliphatic heterocycles. The van der Waals surface area contributed by atoms with Gasteiger partial charge in [0.25, 0.3) is 0 Å². The first-order valence-corrected chi connectivity index (χ1v) is 5.99. The zero-order chi connectivity index (χ0) is 13.7. The zero-order valence-electron chi connectivity index (χ0n) is 10.7. The topological polar surface area (TPSA) is 27.1 Å². The second-order valence-corrected chi connectivity index (χ2v) is 4.15. The van der Waals surface area contributed by atoms with E-state index in [9.17, 15) is 4.48 Å². The number of nitrogens with zero attached hydrogens (tertiary/aromatic N) is 1. The molecule has 0 saturated heterocycles. The van der Waals surface area contributed by atoms with E-state index < -0.39 is 0 Å². The Morgan fingerprint density at radius 2 is 1.42 bits per heavy atom. The van der Waals surface area contributed by atoms with Crippen LogP contribution in [0, 0.1) is 5.41 Å². The number of halogens is 1. The standard InChI is InChI=1S/C16H15FN2/c1-19(17)16(14-10-6-3-7-11-14)12-15(18)13-8-4-2-5-9-13/h2-12,18H,1H3/b16-12-,18-15?. The SMILES string of the molecule is CN(F)/C(=C\C(=N)c1ccccc1)c1ccccc1. The maximum absolute atomic E-state index is 13.6. The fourth-order valence-corrected chi connectivity index (χ4v) is 1.80. The molecule has 0 aliphatic rings. The molecular weight excluding hydrogens is 239 g/mol. The molecule has 0 fully saturated rings. The van der Waals surface area contributed by atoms with Crippen LogP contribution in [0.3, 0.4) is 0 Å². The van der Waals surface area contributed by atoms with Crippen LogP contribution in [0.1, 0.15) is 11.1 Å². The molecule has 2 aromatic rings. The Bertz CT molecular complexity index is 574. The third-order valence-corrected chi connectivity index (χ3v) is 2.77. The maximum atomic E-state index is 13.6. The molecule has 3 heteroatoms. The molecule has 0 unspecified atom stereocenters. The van der Waals surface area contributed by atoms with E-state index in [1.807, 2.05) is 60.7 Å². The van der Waals surface area contributed by atoms with Gasteiger partial charge in [0.2, 0.25) is 0 Å². The summed E-state index contributed by atoms with van der Waals surface area (Å²) in [7, 11) is 1.33. The fourth-order valence-electron chi connectivity index (χ4n) is 1.80. The van der Waals surface area contributed by atoms with E-state index in [2.05, 4.69) is 0 Å². The lowest BCUT2D eigenvalue weighted by atomic mass is 10.1. The Hall–Kier alpha value is -2.42. The third-order valence-electron chi connectivity index (χ3n) is 2.77. The van der Waals surface area contributed by atoms with E-state index in [0.29, 0.717) is 10.8 Å². The predicted octanol–water partition coefficient (Wildman–Crippen LogP) is 3.91. The molecule has 0 saturated carbocycles. The minimum atomic E-state index is 0.281. The molecule has 2 rings (SSSR count). The molecule has 0 spiro atoms. The first-order chi connectivity index (χ1) is 9.18. The van der Waals surface area contributed by atoms with Crippen LogP contribution in [-0.4, -0.2) is 17.9 Å². The smallest absolute Gasteiger partial charge is 0.0778 e. The van der Waals surface area contributed by atoms with Crippen LogP contribution in [0.4, 0.5) is 4.48 Å². The normalized spacial score (nSPS) is 11.2. The predicted molar refractivity (Wildman–Crippen MR) is 76.6 cm³/mol. The van der Waals surface area contributed by atoms with Crippen molar-refractivity contribution in [1.82, 2.24) is 5.12 Å². The van der Waals surface area contributed by atoms with Crippen molar-refractivity contribution in [1.29, 1.82) is 5.41 Å². The van der Waals surface area contributed by atoms with Gasteiger partial charge in [-0.1, -0.05) is 60.7 Å². The van der Waals surface area contributed by atoms with Gasteiger partial charge in [-0.15, -0.1) is 4.48 Å². The average Bonchev–Trinajstić information content (AvgIpc) is 2.46.